The summed E-state index contributed by atoms with van der Waals surface area (Å²) in [6.07, 6.45) is 0. The van der Waals surface area contributed by atoms with Gasteiger partial charge in [-0.1, -0.05) is 30.3 Å². The van der Waals surface area contributed by atoms with Crippen molar-refractivity contribution in [1.29, 1.82) is 0 Å². The van der Waals surface area contributed by atoms with Crippen molar-refractivity contribution in [3.63, 3.8) is 0 Å². The third kappa shape index (κ3) is 6.39. The topological polar surface area (TPSA) is 94.8 Å². The number of hydrogen-bond donors (Lipinski definition) is 0. The van der Waals surface area contributed by atoms with Crippen molar-refractivity contribution < 1.29 is 37.6 Å². The zero-order valence-electron chi connectivity index (χ0n) is 20.9. The van der Waals surface area contributed by atoms with Crippen LogP contribution in [-0.4, -0.2) is 41.7 Å². The molecule has 4 aromatic rings. The second-order valence-electron chi connectivity index (χ2n) is 7.84. The Bertz CT molecular complexity index is 1370. The van der Waals surface area contributed by atoms with E-state index in [1.807, 2.05) is 30.3 Å². The van der Waals surface area contributed by atoms with Gasteiger partial charge in [0.1, 0.15) is 17.9 Å². The van der Waals surface area contributed by atoms with Gasteiger partial charge in [-0.05, 0) is 35.9 Å². The Hall–Kier alpha value is -4.05. The summed E-state index contributed by atoms with van der Waals surface area (Å²) in [5.74, 6) is 1.61. The maximum Gasteiger partial charge on any atom is 0.235 e. The highest BCUT2D eigenvalue weighted by atomic mass is 16.7. The average Bonchev–Trinajstić information content (AvgIpc) is 2.94. The fraction of sp³-hybridized carbons (Fsp3) is 0.250. The Balaban J connectivity index is 1.76. The summed E-state index contributed by atoms with van der Waals surface area (Å²) in [4.78, 5) is 13.4. The molecule has 1 aromatic heterocycles. The molecule has 0 aliphatic rings. The Morgan fingerprint density at radius 1 is 0.703 bits per heavy atom. The Morgan fingerprint density at radius 3 is 2.19 bits per heavy atom. The van der Waals surface area contributed by atoms with E-state index in [1.165, 1.54) is 21.3 Å². The van der Waals surface area contributed by atoms with Crippen LogP contribution in [0.2, 0.25) is 0 Å². The van der Waals surface area contributed by atoms with E-state index in [0.717, 1.165) is 5.56 Å². The SMILES string of the molecule is COCOc1ccc2c(=O)c(OCOC)c(-c3ccc(OCc4ccccc4)c(OCOC)c3)oc2c1. The van der Waals surface area contributed by atoms with Crippen molar-refractivity contribution in [2.45, 2.75) is 6.61 Å². The van der Waals surface area contributed by atoms with Crippen molar-refractivity contribution in [3.05, 3.63) is 82.5 Å². The fourth-order valence-corrected chi connectivity index (χ4v) is 3.55. The molecule has 0 aliphatic heterocycles. The number of hydrogen-bond acceptors (Lipinski definition) is 9. The molecule has 0 radical (unpaired) electrons. The lowest BCUT2D eigenvalue weighted by atomic mass is 10.1. The number of fused-ring (bicyclic) bond motifs is 1. The molecule has 9 nitrogen and oxygen atoms in total. The minimum Gasteiger partial charge on any atom is -0.485 e. The monoisotopic (exact) mass is 508 g/mol. The third-order valence-corrected chi connectivity index (χ3v) is 5.26. The summed E-state index contributed by atoms with van der Waals surface area (Å²) in [7, 11) is 4.52. The molecule has 0 unspecified atom stereocenters. The standard InChI is InChI=1S/C28H28O9/c1-30-16-34-21-10-11-22-24(14-21)37-27(28(26(22)29)36-18-32-3)20-9-12-23(25(13-20)35-17-31-2)33-15-19-7-5-4-6-8-19/h4-14H,15-18H2,1-3H3. The lowest BCUT2D eigenvalue weighted by Crippen LogP contribution is -2.12. The predicted octanol–water partition coefficient (Wildman–Crippen LogP) is 4.99. The highest BCUT2D eigenvalue weighted by Crippen LogP contribution is 2.38. The molecule has 0 spiro atoms. The summed E-state index contributed by atoms with van der Waals surface area (Å²) >= 11 is 0. The number of ether oxygens (including phenoxy) is 7. The second-order valence-corrected chi connectivity index (χ2v) is 7.84. The third-order valence-electron chi connectivity index (χ3n) is 5.26. The first kappa shape index (κ1) is 26.0. The van der Waals surface area contributed by atoms with E-state index in [-0.39, 0.29) is 37.3 Å². The highest BCUT2D eigenvalue weighted by molar-refractivity contribution is 5.83. The van der Waals surface area contributed by atoms with Gasteiger partial charge in [0.2, 0.25) is 11.2 Å². The van der Waals surface area contributed by atoms with Crippen molar-refractivity contribution in [2.75, 3.05) is 41.7 Å². The summed E-state index contributed by atoms with van der Waals surface area (Å²) in [6, 6.07) is 19.9. The second kappa shape index (κ2) is 12.8. The first-order chi connectivity index (χ1) is 18.1. The van der Waals surface area contributed by atoms with E-state index in [4.69, 9.17) is 37.6 Å². The molecule has 0 saturated carbocycles. The number of methoxy groups -OCH3 is 3. The zero-order chi connectivity index (χ0) is 26.0. The normalized spacial score (nSPS) is 10.9. The van der Waals surface area contributed by atoms with Crippen molar-refractivity contribution in [1.82, 2.24) is 0 Å². The molecule has 37 heavy (non-hydrogen) atoms. The van der Waals surface area contributed by atoms with Crippen LogP contribution >= 0.6 is 0 Å². The maximum atomic E-state index is 13.4. The molecular formula is C28H28O9. The first-order valence-corrected chi connectivity index (χ1v) is 11.4. The molecule has 0 fully saturated rings. The molecule has 0 aliphatic carbocycles. The average molecular weight is 509 g/mol. The largest absolute Gasteiger partial charge is 0.485 e. The van der Waals surface area contributed by atoms with E-state index < -0.39 is 0 Å². The van der Waals surface area contributed by atoms with Crippen LogP contribution < -0.4 is 24.4 Å². The van der Waals surface area contributed by atoms with Gasteiger partial charge in [0.05, 0.1) is 5.39 Å². The van der Waals surface area contributed by atoms with Gasteiger partial charge in [-0.25, -0.2) is 0 Å². The van der Waals surface area contributed by atoms with Crippen molar-refractivity contribution >= 4 is 11.0 Å². The number of benzene rings is 3. The molecule has 194 valence electrons. The van der Waals surface area contributed by atoms with Crippen LogP contribution in [0.5, 0.6) is 23.0 Å². The molecule has 0 atom stereocenters. The van der Waals surface area contributed by atoms with Crippen LogP contribution in [0.3, 0.4) is 0 Å². The van der Waals surface area contributed by atoms with E-state index in [0.29, 0.717) is 40.4 Å². The molecule has 0 amide bonds. The molecule has 3 aromatic carbocycles. The van der Waals surface area contributed by atoms with Crippen LogP contribution in [0.1, 0.15) is 5.56 Å². The Labute approximate surface area is 214 Å². The van der Waals surface area contributed by atoms with Crippen LogP contribution in [-0.2, 0) is 20.8 Å². The molecule has 0 N–H and O–H groups in total. The first-order valence-electron chi connectivity index (χ1n) is 11.4. The molecule has 1 heterocycles. The van der Waals surface area contributed by atoms with Crippen LogP contribution in [0.15, 0.2) is 75.9 Å². The lowest BCUT2D eigenvalue weighted by Gasteiger charge is -2.15. The van der Waals surface area contributed by atoms with Gasteiger partial charge in [0.25, 0.3) is 0 Å². The van der Waals surface area contributed by atoms with Gasteiger partial charge < -0.3 is 37.6 Å². The quantitative estimate of drug-likeness (QED) is 0.232. The van der Waals surface area contributed by atoms with E-state index in [9.17, 15) is 4.79 Å². The van der Waals surface area contributed by atoms with E-state index in [1.54, 1.807) is 36.4 Å². The van der Waals surface area contributed by atoms with E-state index >= 15 is 0 Å². The fourth-order valence-electron chi connectivity index (χ4n) is 3.55. The minimum atomic E-state index is -0.352. The van der Waals surface area contributed by atoms with Crippen molar-refractivity contribution in [2.24, 2.45) is 0 Å². The molecule has 0 bridgehead atoms. The van der Waals surface area contributed by atoms with Gasteiger partial charge in [0.15, 0.2) is 37.6 Å². The van der Waals surface area contributed by atoms with Gasteiger partial charge in [0, 0.05) is 33.0 Å². The van der Waals surface area contributed by atoms with Gasteiger partial charge in [-0.15, -0.1) is 0 Å². The Kier molecular flexibility index (Phi) is 8.98. The zero-order valence-corrected chi connectivity index (χ0v) is 20.9. The van der Waals surface area contributed by atoms with Gasteiger partial charge in [-0.3, -0.25) is 4.79 Å². The van der Waals surface area contributed by atoms with Crippen molar-refractivity contribution in [3.8, 4) is 34.3 Å². The summed E-state index contributed by atoms with van der Waals surface area (Å²) < 4.78 is 44.2. The van der Waals surface area contributed by atoms with Gasteiger partial charge in [-0.2, -0.15) is 0 Å². The predicted molar refractivity (Wildman–Crippen MR) is 136 cm³/mol. The minimum absolute atomic E-state index is 0.0000489. The summed E-state index contributed by atoms with van der Waals surface area (Å²) in [5.41, 5.74) is 1.51. The van der Waals surface area contributed by atoms with Crippen LogP contribution in [0, 0.1) is 0 Å². The highest BCUT2D eigenvalue weighted by Gasteiger charge is 2.20. The van der Waals surface area contributed by atoms with E-state index in [2.05, 4.69) is 0 Å². The van der Waals surface area contributed by atoms with Crippen LogP contribution in [0.25, 0.3) is 22.3 Å². The lowest BCUT2D eigenvalue weighted by molar-refractivity contribution is 0.0483. The molecule has 0 saturated heterocycles. The van der Waals surface area contributed by atoms with Crippen LogP contribution in [0.4, 0.5) is 0 Å². The molecule has 4 rings (SSSR count). The number of rotatable bonds is 13. The molecular weight excluding hydrogens is 480 g/mol. The Morgan fingerprint density at radius 2 is 1.43 bits per heavy atom. The smallest absolute Gasteiger partial charge is 0.235 e. The summed E-state index contributed by atoms with van der Waals surface area (Å²) in [5, 5.41) is 0.332. The summed E-state index contributed by atoms with van der Waals surface area (Å²) in [6.45, 7) is 0.271. The van der Waals surface area contributed by atoms with Gasteiger partial charge >= 0.3 is 0 Å². The molecule has 9 heteroatoms. The maximum absolute atomic E-state index is 13.4.